The zero-order chi connectivity index (χ0) is 14.7. The number of nitro groups is 1. The molecule has 2 heterocycles. The molecule has 2 aromatic heterocycles. The van der Waals surface area contributed by atoms with E-state index in [9.17, 15) is 14.9 Å². The average Bonchev–Trinajstić information content (AvgIpc) is 2.98. The minimum atomic E-state index is -0.559. The van der Waals surface area contributed by atoms with Crippen molar-refractivity contribution in [2.24, 2.45) is 0 Å². The van der Waals surface area contributed by atoms with Gasteiger partial charge in [-0.2, -0.15) is 10.2 Å². The molecule has 0 aliphatic rings. The predicted octanol–water partition coefficient (Wildman–Crippen LogP) is 0.955. The quantitative estimate of drug-likeness (QED) is 0.647. The fraction of sp³-hybridized carbons (Fsp3) is 0.364. The van der Waals surface area contributed by atoms with Crippen LogP contribution in [0.15, 0.2) is 18.6 Å². The van der Waals surface area contributed by atoms with Crippen molar-refractivity contribution in [3.63, 3.8) is 0 Å². The van der Waals surface area contributed by atoms with E-state index >= 15 is 0 Å². The van der Waals surface area contributed by atoms with Crippen LogP contribution in [-0.2, 0) is 17.9 Å². The number of aromatic nitrogens is 4. The Kier molecular flexibility index (Phi) is 3.78. The molecule has 0 saturated heterocycles. The van der Waals surface area contributed by atoms with Gasteiger partial charge in [-0.05, 0) is 13.8 Å². The largest absolute Gasteiger partial charge is 0.322 e. The van der Waals surface area contributed by atoms with Crippen LogP contribution in [0, 0.1) is 17.0 Å². The van der Waals surface area contributed by atoms with Crippen LogP contribution in [-0.4, -0.2) is 30.4 Å². The molecule has 0 aliphatic heterocycles. The van der Waals surface area contributed by atoms with Crippen LogP contribution in [0.1, 0.15) is 12.6 Å². The van der Waals surface area contributed by atoms with Crippen LogP contribution in [0.2, 0.25) is 0 Å². The fourth-order valence-electron chi connectivity index (χ4n) is 1.76. The number of nitrogens with one attached hydrogen (secondary N) is 1. The van der Waals surface area contributed by atoms with Gasteiger partial charge in [-0.1, -0.05) is 0 Å². The Balaban J connectivity index is 2.01. The van der Waals surface area contributed by atoms with Crippen molar-refractivity contribution in [2.75, 3.05) is 5.32 Å². The normalized spacial score (nSPS) is 10.5. The number of aryl methyl sites for hydroxylation is 1. The molecule has 0 aliphatic carbocycles. The maximum Gasteiger partial charge on any atom is 0.307 e. The van der Waals surface area contributed by atoms with Gasteiger partial charge in [0.1, 0.15) is 18.9 Å². The van der Waals surface area contributed by atoms with Gasteiger partial charge in [0.2, 0.25) is 5.91 Å². The SMILES string of the molecule is CCn1ncc(NC(=O)Cn2cc([N+](=O)[O-])cn2)c1C. The van der Waals surface area contributed by atoms with Crippen LogP contribution in [0.4, 0.5) is 11.4 Å². The van der Waals surface area contributed by atoms with Crippen LogP contribution in [0.3, 0.4) is 0 Å². The maximum atomic E-state index is 11.8. The van der Waals surface area contributed by atoms with Crippen LogP contribution >= 0.6 is 0 Å². The zero-order valence-corrected chi connectivity index (χ0v) is 11.1. The Labute approximate surface area is 114 Å². The number of carbonyl (C=O) groups excluding carboxylic acids is 1. The molecule has 106 valence electrons. The fourth-order valence-corrected chi connectivity index (χ4v) is 1.76. The number of carbonyl (C=O) groups is 1. The monoisotopic (exact) mass is 278 g/mol. The van der Waals surface area contributed by atoms with E-state index in [1.54, 1.807) is 10.9 Å². The summed E-state index contributed by atoms with van der Waals surface area (Å²) in [5, 5.41) is 21.1. The van der Waals surface area contributed by atoms with Crippen LogP contribution in [0.5, 0.6) is 0 Å². The summed E-state index contributed by atoms with van der Waals surface area (Å²) < 4.78 is 2.97. The lowest BCUT2D eigenvalue weighted by molar-refractivity contribution is -0.385. The summed E-state index contributed by atoms with van der Waals surface area (Å²) in [6, 6.07) is 0. The summed E-state index contributed by atoms with van der Waals surface area (Å²) >= 11 is 0. The third-order valence-electron chi connectivity index (χ3n) is 2.81. The standard InChI is InChI=1S/C11H14N6O3/c1-3-16-8(2)10(5-13-16)14-11(18)7-15-6-9(4-12-15)17(19)20/h4-6H,3,7H2,1-2H3,(H,14,18). The lowest BCUT2D eigenvalue weighted by Crippen LogP contribution is -2.19. The zero-order valence-electron chi connectivity index (χ0n) is 11.1. The van der Waals surface area contributed by atoms with Gasteiger partial charge < -0.3 is 5.32 Å². The topological polar surface area (TPSA) is 108 Å². The van der Waals surface area contributed by atoms with Crippen molar-refractivity contribution >= 4 is 17.3 Å². The summed E-state index contributed by atoms with van der Waals surface area (Å²) in [5.41, 5.74) is 1.33. The Morgan fingerprint density at radius 3 is 2.75 bits per heavy atom. The van der Waals surface area contributed by atoms with Crippen molar-refractivity contribution in [3.05, 3.63) is 34.4 Å². The molecule has 0 spiro atoms. The summed E-state index contributed by atoms with van der Waals surface area (Å²) in [7, 11) is 0. The van der Waals surface area contributed by atoms with E-state index in [1.165, 1.54) is 10.9 Å². The van der Waals surface area contributed by atoms with Crippen molar-refractivity contribution < 1.29 is 9.72 Å². The Hall–Kier alpha value is -2.71. The first-order chi connectivity index (χ1) is 9.51. The highest BCUT2D eigenvalue weighted by atomic mass is 16.6. The van der Waals surface area contributed by atoms with Crippen LogP contribution in [0.25, 0.3) is 0 Å². The highest BCUT2D eigenvalue weighted by Crippen LogP contribution is 2.13. The number of anilines is 1. The molecule has 1 N–H and O–H groups in total. The molecule has 2 rings (SSSR count). The number of amides is 1. The van der Waals surface area contributed by atoms with Gasteiger partial charge in [0.05, 0.1) is 22.5 Å². The molecule has 0 aromatic carbocycles. The minimum Gasteiger partial charge on any atom is -0.322 e. The van der Waals surface area contributed by atoms with E-state index in [4.69, 9.17) is 0 Å². The van der Waals surface area contributed by atoms with Gasteiger partial charge in [-0.15, -0.1) is 0 Å². The molecular weight excluding hydrogens is 264 g/mol. The lowest BCUT2D eigenvalue weighted by atomic mass is 10.4. The molecule has 0 saturated carbocycles. The van der Waals surface area contributed by atoms with E-state index in [0.717, 1.165) is 11.9 Å². The average molecular weight is 278 g/mol. The third kappa shape index (κ3) is 2.82. The van der Waals surface area contributed by atoms with Gasteiger partial charge in [-0.3, -0.25) is 24.3 Å². The number of rotatable bonds is 5. The van der Waals surface area contributed by atoms with E-state index in [-0.39, 0.29) is 18.1 Å². The van der Waals surface area contributed by atoms with Gasteiger partial charge in [0.15, 0.2) is 0 Å². The number of nitrogens with zero attached hydrogens (tertiary/aromatic N) is 5. The van der Waals surface area contributed by atoms with E-state index in [1.807, 2.05) is 13.8 Å². The second-order valence-electron chi connectivity index (χ2n) is 4.16. The molecule has 1 amide bonds. The Morgan fingerprint density at radius 1 is 1.45 bits per heavy atom. The van der Waals surface area contributed by atoms with Crippen molar-refractivity contribution in [1.29, 1.82) is 0 Å². The first kappa shape index (κ1) is 13.7. The lowest BCUT2D eigenvalue weighted by Gasteiger charge is -2.05. The molecule has 0 unspecified atom stereocenters. The van der Waals surface area contributed by atoms with Crippen LogP contribution < -0.4 is 5.32 Å². The van der Waals surface area contributed by atoms with E-state index in [2.05, 4.69) is 15.5 Å². The third-order valence-corrected chi connectivity index (χ3v) is 2.81. The van der Waals surface area contributed by atoms with Gasteiger partial charge in [0, 0.05) is 6.54 Å². The molecule has 9 nitrogen and oxygen atoms in total. The maximum absolute atomic E-state index is 11.8. The highest BCUT2D eigenvalue weighted by molar-refractivity contribution is 5.90. The van der Waals surface area contributed by atoms with Gasteiger partial charge >= 0.3 is 5.69 Å². The predicted molar refractivity (Wildman–Crippen MR) is 70.1 cm³/mol. The number of hydrogen-bond acceptors (Lipinski definition) is 5. The van der Waals surface area contributed by atoms with E-state index < -0.39 is 4.92 Å². The number of hydrogen-bond donors (Lipinski definition) is 1. The first-order valence-corrected chi connectivity index (χ1v) is 6.00. The Bertz CT molecular complexity index is 644. The van der Waals surface area contributed by atoms with Gasteiger partial charge in [-0.25, -0.2) is 0 Å². The van der Waals surface area contributed by atoms with Crippen molar-refractivity contribution in [3.8, 4) is 0 Å². The van der Waals surface area contributed by atoms with Crippen molar-refractivity contribution in [2.45, 2.75) is 26.9 Å². The summed E-state index contributed by atoms with van der Waals surface area (Å²) in [6.45, 7) is 4.43. The first-order valence-electron chi connectivity index (χ1n) is 6.00. The highest BCUT2D eigenvalue weighted by Gasteiger charge is 2.13. The summed E-state index contributed by atoms with van der Waals surface area (Å²) in [5.74, 6) is -0.318. The minimum absolute atomic E-state index is 0.0927. The van der Waals surface area contributed by atoms with Crippen molar-refractivity contribution in [1.82, 2.24) is 19.6 Å². The molecule has 2 aromatic rings. The molecule has 0 atom stereocenters. The molecular formula is C11H14N6O3. The molecule has 0 fully saturated rings. The van der Waals surface area contributed by atoms with E-state index in [0.29, 0.717) is 12.2 Å². The molecule has 0 bridgehead atoms. The molecule has 20 heavy (non-hydrogen) atoms. The summed E-state index contributed by atoms with van der Waals surface area (Å²) in [4.78, 5) is 21.8. The molecule has 0 radical (unpaired) electrons. The Morgan fingerprint density at radius 2 is 2.20 bits per heavy atom. The summed E-state index contributed by atoms with van der Waals surface area (Å²) in [6.07, 6.45) is 3.89. The second-order valence-corrected chi connectivity index (χ2v) is 4.16. The van der Waals surface area contributed by atoms with Gasteiger partial charge in [0.25, 0.3) is 0 Å². The second kappa shape index (κ2) is 5.51. The smallest absolute Gasteiger partial charge is 0.307 e. The molecule has 9 heteroatoms.